The topological polar surface area (TPSA) is 94.9 Å². The van der Waals surface area contributed by atoms with Crippen molar-refractivity contribution in [3.05, 3.63) is 59.8 Å². The number of rotatable bonds is 11. The van der Waals surface area contributed by atoms with Crippen molar-refractivity contribution >= 4 is 17.6 Å². The molecule has 204 valence electrons. The molecule has 9 nitrogen and oxygen atoms in total. The summed E-state index contributed by atoms with van der Waals surface area (Å²) in [5.74, 6) is 1.67. The zero-order valence-electron chi connectivity index (χ0n) is 23.3. The lowest BCUT2D eigenvalue weighted by molar-refractivity contribution is -0.117. The van der Waals surface area contributed by atoms with Crippen LogP contribution < -0.4 is 19.5 Å². The van der Waals surface area contributed by atoms with Crippen LogP contribution >= 0.6 is 0 Å². The van der Waals surface area contributed by atoms with Gasteiger partial charge in [-0.2, -0.15) is 5.10 Å². The van der Waals surface area contributed by atoms with Crippen LogP contribution in [-0.4, -0.2) is 60.9 Å². The lowest BCUT2D eigenvalue weighted by Gasteiger charge is -2.23. The third-order valence-corrected chi connectivity index (χ3v) is 6.06. The fourth-order valence-electron chi connectivity index (χ4n) is 3.83. The minimum absolute atomic E-state index is 0.114. The van der Waals surface area contributed by atoms with E-state index < -0.39 is 0 Å². The molecule has 1 aromatic heterocycles. The number of carbonyl (C=O) groups excluding carboxylic acids is 2. The fraction of sp³-hybridized carbons (Fsp3) is 0.414. The SMILES string of the molecule is CCCCN(CC(=O)Nc1cc(C(C)(C)C)nn1-c1ccc(OC)cc1)C(=O)c1cc(OC)cc(OC)c1. The number of nitrogens with zero attached hydrogens (tertiary/aromatic N) is 3. The van der Waals surface area contributed by atoms with Crippen molar-refractivity contribution in [2.75, 3.05) is 39.7 Å². The third kappa shape index (κ3) is 7.06. The van der Waals surface area contributed by atoms with E-state index in [9.17, 15) is 9.59 Å². The molecule has 9 heteroatoms. The van der Waals surface area contributed by atoms with Gasteiger partial charge < -0.3 is 24.4 Å². The molecule has 3 rings (SSSR count). The highest BCUT2D eigenvalue weighted by Gasteiger charge is 2.24. The van der Waals surface area contributed by atoms with Gasteiger partial charge in [-0.15, -0.1) is 0 Å². The molecule has 0 aliphatic rings. The van der Waals surface area contributed by atoms with Crippen LogP contribution in [-0.2, 0) is 10.2 Å². The first-order valence-corrected chi connectivity index (χ1v) is 12.7. The molecule has 0 fully saturated rings. The van der Waals surface area contributed by atoms with Crippen LogP contribution in [0.15, 0.2) is 48.5 Å². The molecule has 38 heavy (non-hydrogen) atoms. The molecular weight excluding hydrogens is 484 g/mol. The van der Waals surface area contributed by atoms with E-state index in [-0.39, 0.29) is 23.8 Å². The normalized spacial score (nSPS) is 11.1. The van der Waals surface area contributed by atoms with Gasteiger partial charge in [0.25, 0.3) is 5.91 Å². The van der Waals surface area contributed by atoms with E-state index in [0.717, 1.165) is 30.0 Å². The largest absolute Gasteiger partial charge is 0.497 e. The molecule has 3 aromatic rings. The monoisotopic (exact) mass is 522 g/mol. The Hall–Kier alpha value is -4.01. The summed E-state index contributed by atoms with van der Waals surface area (Å²) < 4.78 is 17.6. The highest BCUT2D eigenvalue weighted by atomic mass is 16.5. The molecule has 2 amide bonds. The molecular formula is C29H38N4O5. The van der Waals surface area contributed by atoms with Gasteiger partial charge in [-0.25, -0.2) is 4.68 Å². The maximum absolute atomic E-state index is 13.5. The van der Waals surface area contributed by atoms with Crippen LogP contribution in [0.4, 0.5) is 5.82 Å². The van der Waals surface area contributed by atoms with Gasteiger partial charge in [0.2, 0.25) is 5.91 Å². The lowest BCUT2D eigenvalue weighted by atomic mass is 9.92. The lowest BCUT2D eigenvalue weighted by Crippen LogP contribution is -2.39. The van der Waals surface area contributed by atoms with Crippen molar-refractivity contribution < 1.29 is 23.8 Å². The van der Waals surface area contributed by atoms with Crippen LogP contribution in [0.1, 0.15) is 56.6 Å². The van der Waals surface area contributed by atoms with Gasteiger partial charge in [-0.05, 0) is 42.8 Å². The first kappa shape index (κ1) is 28.6. The Balaban J connectivity index is 1.88. The molecule has 0 saturated heterocycles. The van der Waals surface area contributed by atoms with Gasteiger partial charge in [-0.3, -0.25) is 9.59 Å². The molecule has 2 aromatic carbocycles. The summed E-state index contributed by atoms with van der Waals surface area (Å²) in [5.41, 5.74) is 1.76. The van der Waals surface area contributed by atoms with Gasteiger partial charge in [-0.1, -0.05) is 34.1 Å². The van der Waals surface area contributed by atoms with Gasteiger partial charge in [0, 0.05) is 29.7 Å². The summed E-state index contributed by atoms with van der Waals surface area (Å²) in [4.78, 5) is 28.3. The number of unbranched alkanes of at least 4 members (excludes halogenated alkanes) is 1. The van der Waals surface area contributed by atoms with Crippen molar-refractivity contribution in [1.82, 2.24) is 14.7 Å². The molecule has 1 heterocycles. The Morgan fingerprint density at radius 1 is 0.921 bits per heavy atom. The van der Waals surface area contributed by atoms with E-state index in [1.165, 1.54) is 14.2 Å². The minimum Gasteiger partial charge on any atom is -0.497 e. The number of nitrogens with one attached hydrogen (secondary N) is 1. The first-order chi connectivity index (χ1) is 18.1. The molecule has 0 bridgehead atoms. The van der Waals surface area contributed by atoms with Gasteiger partial charge >= 0.3 is 0 Å². The number of methoxy groups -OCH3 is 3. The van der Waals surface area contributed by atoms with Gasteiger partial charge in [0.15, 0.2) is 0 Å². The Morgan fingerprint density at radius 3 is 2.05 bits per heavy atom. The second kappa shape index (κ2) is 12.5. The van der Waals surface area contributed by atoms with E-state index in [0.29, 0.717) is 29.4 Å². The van der Waals surface area contributed by atoms with Crippen molar-refractivity contribution in [3.63, 3.8) is 0 Å². The van der Waals surface area contributed by atoms with E-state index in [2.05, 4.69) is 26.1 Å². The van der Waals surface area contributed by atoms with Crippen molar-refractivity contribution in [3.8, 4) is 22.9 Å². The van der Waals surface area contributed by atoms with Gasteiger partial charge in [0.05, 0.1) is 32.7 Å². The molecule has 0 aliphatic heterocycles. The van der Waals surface area contributed by atoms with Crippen LogP contribution in [0, 0.1) is 0 Å². The van der Waals surface area contributed by atoms with Gasteiger partial charge in [0.1, 0.15) is 29.6 Å². The van der Waals surface area contributed by atoms with E-state index in [4.69, 9.17) is 19.3 Å². The number of hydrogen-bond acceptors (Lipinski definition) is 6. The molecule has 0 saturated carbocycles. The first-order valence-electron chi connectivity index (χ1n) is 12.7. The zero-order valence-corrected chi connectivity index (χ0v) is 23.3. The number of aromatic nitrogens is 2. The predicted molar refractivity (Wildman–Crippen MR) is 148 cm³/mol. The van der Waals surface area contributed by atoms with Crippen molar-refractivity contribution in [2.45, 2.75) is 46.0 Å². The minimum atomic E-state index is -0.320. The summed E-state index contributed by atoms with van der Waals surface area (Å²) in [7, 11) is 4.67. The molecule has 0 aliphatic carbocycles. The summed E-state index contributed by atoms with van der Waals surface area (Å²) in [6, 6.07) is 14.3. The Bertz CT molecular complexity index is 1220. The van der Waals surface area contributed by atoms with Crippen LogP contribution in [0.2, 0.25) is 0 Å². The molecule has 0 radical (unpaired) electrons. The van der Waals surface area contributed by atoms with Crippen molar-refractivity contribution in [1.29, 1.82) is 0 Å². The van der Waals surface area contributed by atoms with Crippen LogP contribution in [0.25, 0.3) is 5.69 Å². The van der Waals surface area contributed by atoms with Crippen molar-refractivity contribution in [2.24, 2.45) is 0 Å². The molecule has 0 atom stereocenters. The molecule has 0 unspecified atom stereocenters. The average Bonchev–Trinajstić information content (AvgIpc) is 3.34. The Kier molecular flexibility index (Phi) is 9.39. The highest BCUT2D eigenvalue weighted by Crippen LogP contribution is 2.27. The number of carbonyl (C=O) groups is 2. The second-order valence-electron chi connectivity index (χ2n) is 10.0. The zero-order chi connectivity index (χ0) is 27.9. The van der Waals surface area contributed by atoms with E-state index in [1.807, 2.05) is 37.3 Å². The average molecular weight is 523 g/mol. The summed E-state index contributed by atoms with van der Waals surface area (Å²) >= 11 is 0. The van der Waals surface area contributed by atoms with Crippen LogP contribution in [0.5, 0.6) is 17.2 Å². The molecule has 1 N–H and O–H groups in total. The predicted octanol–water partition coefficient (Wildman–Crippen LogP) is 5.08. The van der Waals surface area contributed by atoms with E-state index >= 15 is 0 Å². The summed E-state index contributed by atoms with van der Waals surface area (Å²) in [6.45, 7) is 8.55. The fourth-order valence-corrected chi connectivity index (χ4v) is 3.83. The summed E-state index contributed by atoms with van der Waals surface area (Å²) in [6.07, 6.45) is 1.64. The quantitative estimate of drug-likeness (QED) is 0.378. The standard InChI is InChI=1S/C29H38N4O5/c1-8-9-14-32(28(35)20-15-23(37-6)17-24(16-20)38-7)19-27(34)30-26-18-25(29(2,3)4)31-33(26)21-10-12-22(36-5)13-11-21/h10-13,15-18H,8-9,14,19H2,1-7H3,(H,30,34). The Labute approximate surface area is 224 Å². The number of benzene rings is 2. The van der Waals surface area contributed by atoms with E-state index in [1.54, 1.807) is 34.9 Å². The molecule has 0 spiro atoms. The Morgan fingerprint density at radius 2 is 1.53 bits per heavy atom. The maximum Gasteiger partial charge on any atom is 0.254 e. The second-order valence-corrected chi connectivity index (χ2v) is 10.0. The highest BCUT2D eigenvalue weighted by molar-refractivity contribution is 5.99. The smallest absolute Gasteiger partial charge is 0.254 e. The number of ether oxygens (including phenoxy) is 3. The summed E-state index contributed by atoms with van der Waals surface area (Å²) in [5, 5.41) is 7.74. The number of amides is 2. The third-order valence-electron chi connectivity index (χ3n) is 6.06. The number of anilines is 1. The van der Waals surface area contributed by atoms with Crippen LogP contribution in [0.3, 0.4) is 0 Å². The number of hydrogen-bond donors (Lipinski definition) is 1. The maximum atomic E-state index is 13.5.